The zero-order chi connectivity index (χ0) is 23.7. The van der Waals surface area contributed by atoms with Crippen LogP contribution in [0.3, 0.4) is 0 Å². The Morgan fingerprint density at radius 2 is 1.53 bits per heavy atom. The number of benzene rings is 4. The molecule has 1 heterocycles. The number of fused-ring (bicyclic) bond motifs is 3. The van der Waals surface area contributed by atoms with Gasteiger partial charge in [0.2, 0.25) is 0 Å². The first-order valence-corrected chi connectivity index (χ1v) is 10.9. The predicted octanol–water partition coefficient (Wildman–Crippen LogP) is 6.19. The van der Waals surface area contributed by atoms with E-state index in [2.05, 4.69) is 0 Å². The van der Waals surface area contributed by atoms with Crippen LogP contribution in [0, 0.1) is 6.92 Å². The molecule has 5 heteroatoms. The molecule has 0 spiro atoms. The summed E-state index contributed by atoms with van der Waals surface area (Å²) >= 11 is 0. The summed E-state index contributed by atoms with van der Waals surface area (Å²) in [5.41, 5.74) is 3.38. The number of Topliss-reactive ketones (excluding diaryl/α,β-unsaturated/α-hetero) is 1. The molecule has 5 nitrogen and oxygen atoms in total. The molecule has 34 heavy (non-hydrogen) atoms. The normalized spacial score (nSPS) is 11.0. The molecule has 0 saturated heterocycles. The van der Waals surface area contributed by atoms with Crippen LogP contribution >= 0.6 is 0 Å². The Bertz CT molecular complexity index is 1560. The van der Waals surface area contributed by atoms with Crippen molar-refractivity contribution in [2.75, 3.05) is 13.7 Å². The van der Waals surface area contributed by atoms with Gasteiger partial charge in [-0.05, 0) is 48.4 Å². The second-order valence-electron chi connectivity index (χ2n) is 8.02. The first kappa shape index (κ1) is 21.5. The number of carbonyl (C=O) groups excluding carboxylic acids is 1. The summed E-state index contributed by atoms with van der Waals surface area (Å²) in [4.78, 5) is 25.3. The molecular weight excluding hydrogens is 428 g/mol. The van der Waals surface area contributed by atoms with Crippen LogP contribution in [0.4, 0.5) is 0 Å². The Balaban J connectivity index is 1.38. The van der Waals surface area contributed by atoms with Gasteiger partial charge in [0, 0.05) is 21.9 Å². The summed E-state index contributed by atoms with van der Waals surface area (Å²) in [6.45, 7) is 1.70. The van der Waals surface area contributed by atoms with Crippen molar-refractivity contribution in [3.05, 3.63) is 106 Å². The van der Waals surface area contributed by atoms with Gasteiger partial charge in [0.1, 0.15) is 17.1 Å². The summed E-state index contributed by atoms with van der Waals surface area (Å²) in [6, 6.07) is 26.4. The predicted molar refractivity (Wildman–Crippen MR) is 133 cm³/mol. The van der Waals surface area contributed by atoms with Crippen molar-refractivity contribution < 1.29 is 18.7 Å². The lowest BCUT2D eigenvalue weighted by atomic mass is 10.0. The monoisotopic (exact) mass is 450 g/mol. The molecule has 4 aromatic carbocycles. The zero-order valence-electron chi connectivity index (χ0n) is 18.8. The molecule has 0 aliphatic carbocycles. The van der Waals surface area contributed by atoms with Crippen LogP contribution in [-0.4, -0.2) is 19.5 Å². The van der Waals surface area contributed by atoms with Crippen molar-refractivity contribution in [3.8, 4) is 22.6 Å². The summed E-state index contributed by atoms with van der Waals surface area (Å²) < 4.78 is 16.7. The number of aryl methyl sites for hydroxylation is 1. The first-order chi connectivity index (χ1) is 16.5. The van der Waals surface area contributed by atoms with E-state index in [0.717, 1.165) is 21.9 Å². The van der Waals surface area contributed by atoms with E-state index in [4.69, 9.17) is 13.9 Å². The van der Waals surface area contributed by atoms with Gasteiger partial charge >= 0.3 is 5.63 Å². The highest BCUT2D eigenvalue weighted by Crippen LogP contribution is 2.32. The molecule has 5 rings (SSSR count). The molecule has 0 saturated carbocycles. The Morgan fingerprint density at radius 1 is 0.824 bits per heavy atom. The Morgan fingerprint density at radius 3 is 2.26 bits per heavy atom. The summed E-state index contributed by atoms with van der Waals surface area (Å²) in [5, 5.41) is 2.02. The van der Waals surface area contributed by atoms with E-state index in [1.54, 1.807) is 31.4 Å². The van der Waals surface area contributed by atoms with Crippen molar-refractivity contribution in [3.63, 3.8) is 0 Å². The Hall–Kier alpha value is -4.38. The van der Waals surface area contributed by atoms with Crippen LogP contribution in [-0.2, 0) is 0 Å². The molecule has 0 N–H and O–H groups in total. The lowest BCUT2D eigenvalue weighted by molar-refractivity contribution is 0.0921. The minimum atomic E-state index is -0.448. The zero-order valence-corrected chi connectivity index (χ0v) is 18.8. The van der Waals surface area contributed by atoms with E-state index in [-0.39, 0.29) is 12.4 Å². The number of hydrogen-bond donors (Lipinski definition) is 0. The molecule has 0 aliphatic heterocycles. The third-order valence-corrected chi connectivity index (χ3v) is 5.96. The number of rotatable bonds is 6. The van der Waals surface area contributed by atoms with Gasteiger partial charge in [-0.25, -0.2) is 4.79 Å². The van der Waals surface area contributed by atoms with Gasteiger partial charge in [0.05, 0.1) is 12.5 Å². The van der Waals surface area contributed by atoms with Gasteiger partial charge < -0.3 is 13.9 Å². The van der Waals surface area contributed by atoms with Crippen molar-refractivity contribution >= 4 is 27.5 Å². The van der Waals surface area contributed by atoms with Crippen LogP contribution in [0.5, 0.6) is 11.5 Å². The molecule has 0 amide bonds. The third kappa shape index (κ3) is 3.92. The molecule has 0 aliphatic rings. The lowest BCUT2D eigenvalue weighted by Gasteiger charge is -2.12. The van der Waals surface area contributed by atoms with Gasteiger partial charge in [-0.2, -0.15) is 0 Å². The highest BCUT2D eigenvalue weighted by molar-refractivity contribution is 6.06. The minimum absolute atomic E-state index is 0.119. The summed E-state index contributed by atoms with van der Waals surface area (Å²) in [6.07, 6.45) is 0. The van der Waals surface area contributed by atoms with Gasteiger partial charge in [-0.1, -0.05) is 54.6 Å². The van der Waals surface area contributed by atoms with E-state index in [9.17, 15) is 9.59 Å². The SMILES string of the molecule is COc1ccc2c(c1)c(=O)oc1c(C)c(OCC(=O)c3ccc(-c4ccccc4)cc3)ccc12. The average Bonchev–Trinajstić information content (AvgIpc) is 2.89. The third-order valence-electron chi connectivity index (χ3n) is 5.96. The molecule has 0 fully saturated rings. The molecule has 5 aromatic rings. The number of hydrogen-bond acceptors (Lipinski definition) is 5. The highest BCUT2D eigenvalue weighted by Gasteiger charge is 2.15. The number of carbonyl (C=O) groups is 1. The maximum atomic E-state index is 12.7. The second-order valence-corrected chi connectivity index (χ2v) is 8.02. The van der Waals surface area contributed by atoms with E-state index in [1.165, 1.54) is 0 Å². The molecule has 1 aromatic heterocycles. The number of methoxy groups -OCH3 is 1. The molecule has 0 atom stereocenters. The van der Waals surface area contributed by atoms with Crippen molar-refractivity contribution in [2.24, 2.45) is 0 Å². The number of ketones is 1. The molecule has 168 valence electrons. The topological polar surface area (TPSA) is 65.7 Å². The standard InChI is InChI=1S/C29H22O5/c1-18-27(15-14-24-23-13-12-22(32-2)16-25(23)29(31)34-28(18)24)33-17-26(30)21-10-8-20(9-11-21)19-6-4-3-5-7-19/h3-16H,17H2,1-2H3. The van der Waals surface area contributed by atoms with Gasteiger partial charge in [0.25, 0.3) is 0 Å². The van der Waals surface area contributed by atoms with E-state index >= 15 is 0 Å². The first-order valence-electron chi connectivity index (χ1n) is 10.9. The van der Waals surface area contributed by atoms with Crippen molar-refractivity contribution in [1.82, 2.24) is 0 Å². The largest absolute Gasteiger partial charge is 0.497 e. The van der Waals surface area contributed by atoms with Crippen LogP contribution in [0.1, 0.15) is 15.9 Å². The smallest absolute Gasteiger partial charge is 0.344 e. The van der Waals surface area contributed by atoms with Crippen LogP contribution < -0.4 is 15.1 Å². The number of ether oxygens (including phenoxy) is 2. The average molecular weight is 450 g/mol. The lowest BCUT2D eigenvalue weighted by Crippen LogP contribution is -2.12. The Kier molecular flexibility index (Phi) is 5.60. The van der Waals surface area contributed by atoms with Crippen LogP contribution in [0.2, 0.25) is 0 Å². The van der Waals surface area contributed by atoms with Gasteiger partial charge in [-0.3, -0.25) is 4.79 Å². The Labute approximate surface area is 196 Å². The van der Waals surface area contributed by atoms with Crippen molar-refractivity contribution in [1.29, 1.82) is 0 Å². The fourth-order valence-corrected chi connectivity index (χ4v) is 4.08. The fraction of sp³-hybridized carbons (Fsp3) is 0.103. The van der Waals surface area contributed by atoms with E-state index in [1.807, 2.05) is 67.6 Å². The highest BCUT2D eigenvalue weighted by atomic mass is 16.5. The molecular formula is C29H22O5. The van der Waals surface area contributed by atoms with Crippen LogP contribution in [0.25, 0.3) is 32.9 Å². The van der Waals surface area contributed by atoms with Crippen LogP contribution in [0.15, 0.2) is 94.1 Å². The quantitative estimate of drug-likeness (QED) is 0.175. The summed E-state index contributed by atoms with van der Waals surface area (Å²) in [7, 11) is 1.55. The fourth-order valence-electron chi connectivity index (χ4n) is 4.08. The van der Waals surface area contributed by atoms with Crippen molar-refractivity contribution in [2.45, 2.75) is 6.92 Å². The summed E-state index contributed by atoms with van der Waals surface area (Å²) in [5.74, 6) is 0.954. The molecule has 0 bridgehead atoms. The molecule has 0 unspecified atom stereocenters. The van der Waals surface area contributed by atoms with E-state index in [0.29, 0.717) is 33.6 Å². The van der Waals surface area contributed by atoms with Gasteiger partial charge in [0.15, 0.2) is 12.4 Å². The second kappa shape index (κ2) is 8.87. The maximum absolute atomic E-state index is 12.7. The maximum Gasteiger partial charge on any atom is 0.344 e. The van der Waals surface area contributed by atoms with E-state index < -0.39 is 5.63 Å². The van der Waals surface area contributed by atoms with Gasteiger partial charge in [-0.15, -0.1) is 0 Å². The molecule has 0 radical (unpaired) electrons. The minimum Gasteiger partial charge on any atom is -0.497 e.